The Labute approximate surface area is 169 Å². The predicted octanol–water partition coefficient (Wildman–Crippen LogP) is 3.82. The summed E-state index contributed by atoms with van der Waals surface area (Å²) in [5.74, 6) is -1.54. The van der Waals surface area contributed by atoms with Gasteiger partial charge in [0, 0.05) is 30.0 Å². The molecule has 1 heterocycles. The minimum atomic E-state index is -0.877. The van der Waals surface area contributed by atoms with Gasteiger partial charge in [-0.2, -0.15) is 0 Å². The number of benzene rings is 2. The van der Waals surface area contributed by atoms with Gasteiger partial charge in [0.25, 0.3) is 5.91 Å². The van der Waals surface area contributed by atoms with Gasteiger partial charge in [0.05, 0.1) is 5.92 Å². The SMILES string of the molecule is Cc1ccc(C(=O)N2CC(C)CC(C(=O)O)C2)cc1NC(=O)Nc1ccccc1. The van der Waals surface area contributed by atoms with Gasteiger partial charge in [-0.05, 0) is 49.1 Å². The number of anilines is 2. The van der Waals surface area contributed by atoms with Crippen molar-refractivity contribution in [2.24, 2.45) is 11.8 Å². The van der Waals surface area contributed by atoms with E-state index in [1.807, 2.05) is 32.0 Å². The number of piperidine rings is 1. The summed E-state index contributed by atoms with van der Waals surface area (Å²) in [7, 11) is 0. The highest BCUT2D eigenvalue weighted by Gasteiger charge is 2.32. The molecule has 152 valence electrons. The second kappa shape index (κ2) is 8.77. The molecule has 0 aliphatic carbocycles. The van der Waals surface area contributed by atoms with Gasteiger partial charge in [-0.25, -0.2) is 4.79 Å². The Balaban J connectivity index is 1.73. The Bertz CT molecular complexity index is 914. The number of hydrogen-bond acceptors (Lipinski definition) is 3. The fourth-order valence-corrected chi connectivity index (χ4v) is 3.57. The number of carbonyl (C=O) groups excluding carboxylic acids is 2. The highest BCUT2D eigenvalue weighted by molar-refractivity contribution is 6.02. The summed E-state index contributed by atoms with van der Waals surface area (Å²) in [4.78, 5) is 38.2. The summed E-state index contributed by atoms with van der Waals surface area (Å²) in [6, 6.07) is 13.8. The normalized spacial score (nSPS) is 18.8. The summed E-state index contributed by atoms with van der Waals surface area (Å²) in [6.45, 7) is 4.51. The Morgan fingerprint density at radius 2 is 1.76 bits per heavy atom. The van der Waals surface area contributed by atoms with Crippen LogP contribution in [0.1, 0.15) is 29.3 Å². The molecular weight excluding hydrogens is 370 g/mol. The molecule has 2 aromatic carbocycles. The molecule has 7 nitrogen and oxygen atoms in total. The van der Waals surface area contributed by atoms with Crippen molar-refractivity contribution in [1.29, 1.82) is 0 Å². The Morgan fingerprint density at radius 3 is 2.45 bits per heavy atom. The van der Waals surface area contributed by atoms with Crippen LogP contribution in [-0.2, 0) is 4.79 Å². The first-order valence-electron chi connectivity index (χ1n) is 9.59. The standard InChI is InChI=1S/C22H25N3O4/c1-14-10-17(21(27)28)13-25(12-14)20(26)16-9-8-15(2)19(11-16)24-22(29)23-18-6-4-3-5-7-18/h3-9,11,14,17H,10,12-13H2,1-2H3,(H,27,28)(H2,23,24,29). The van der Waals surface area contributed by atoms with Gasteiger partial charge in [-0.15, -0.1) is 0 Å². The zero-order valence-corrected chi connectivity index (χ0v) is 16.5. The van der Waals surface area contributed by atoms with Gasteiger partial charge in [-0.3, -0.25) is 9.59 Å². The molecule has 0 saturated carbocycles. The number of hydrogen-bond donors (Lipinski definition) is 3. The maximum Gasteiger partial charge on any atom is 0.323 e. The topological polar surface area (TPSA) is 98.7 Å². The second-order valence-electron chi connectivity index (χ2n) is 7.56. The maximum atomic E-state index is 13.0. The Kier molecular flexibility index (Phi) is 6.16. The summed E-state index contributed by atoms with van der Waals surface area (Å²) >= 11 is 0. The van der Waals surface area contributed by atoms with E-state index < -0.39 is 17.9 Å². The summed E-state index contributed by atoms with van der Waals surface area (Å²) in [5.41, 5.74) is 2.44. The van der Waals surface area contributed by atoms with Crippen molar-refractivity contribution in [3.05, 3.63) is 59.7 Å². The fourth-order valence-electron chi connectivity index (χ4n) is 3.57. The van der Waals surface area contributed by atoms with Crippen LogP contribution in [0.4, 0.5) is 16.2 Å². The number of carbonyl (C=O) groups is 3. The van der Waals surface area contributed by atoms with Gasteiger partial charge in [-0.1, -0.05) is 31.2 Å². The van der Waals surface area contributed by atoms with E-state index in [-0.39, 0.29) is 18.4 Å². The van der Waals surface area contributed by atoms with Crippen LogP contribution in [0.25, 0.3) is 0 Å². The quantitative estimate of drug-likeness (QED) is 0.733. The highest BCUT2D eigenvalue weighted by atomic mass is 16.4. The van der Waals surface area contributed by atoms with E-state index in [9.17, 15) is 19.5 Å². The zero-order valence-electron chi connectivity index (χ0n) is 16.5. The van der Waals surface area contributed by atoms with Crippen molar-refractivity contribution in [3.63, 3.8) is 0 Å². The first kappa shape index (κ1) is 20.4. The molecule has 3 N–H and O–H groups in total. The van der Waals surface area contributed by atoms with Crippen LogP contribution in [0.3, 0.4) is 0 Å². The lowest BCUT2D eigenvalue weighted by Gasteiger charge is -2.34. The largest absolute Gasteiger partial charge is 0.481 e. The minimum Gasteiger partial charge on any atom is -0.481 e. The third-order valence-electron chi connectivity index (χ3n) is 5.06. The summed E-state index contributed by atoms with van der Waals surface area (Å²) in [5, 5.41) is 14.9. The molecule has 1 aliphatic heterocycles. The summed E-state index contributed by atoms with van der Waals surface area (Å²) < 4.78 is 0. The van der Waals surface area contributed by atoms with E-state index in [0.717, 1.165) is 5.56 Å². The molecule has 7 heteroatoms. The van der Waals surface area contributed by atoms with Gasteiger partial charge >= 0.3 is 12.0 Å². The number of carboxylic acid groups (broad SMARTS) is 1. The number of urea groups is 1. The molecular formula is C22H25N3O4. The molecule has 0 radical (unpaired) electrons. The molecule has 1 aliphatic rings. The van der Waals surface area contributed by atoms with E-state index >= 15 is 0 Å². The lowest BCUT2D eigenvalue weighted by molar-refractivity contribution is -0.143. The first-order valence-corrected chi connectivity index (χ1v) is 9.59. The Morgan fingerprint density at radius 1 is 1.03 bits per heavy atom. The number of aliphatic carboxylic acids is 1. The monoisotopic (exact) mass is 395 g/mol. The van der Waals surface area contributed by atoms with Crippen molar-refractivity contribution >= 4 is 29.3 Å². The number of nitrogens with zero attached hydrogens (tertiary/aromatic N) is 1. The number of para-hydroxylation sites is 1. The van der Waals surface area contributed by atoms with Crippen molar-refractivity contribution in [3.8, 4) is 0 Å². The molecule has 3 amide bonds. The number of aryl methyl sites for hydroxylation is 1. The van der Waals surface area contributed by atoms with E-state index in [1.54, 1.807) is 35.2 Å². The van der Waals surface area contributed by atoms with Crippen LogP contribution in [-0.4, -0.2) is 41.0 Å². The van der Waals surface area contributed by atoms with E-state index in [1.165, 1.54) is 0 Å². The van der Waals surface area contributed by atoms with Crippen molar-refractivity contribution in [2.45, 2.75) is 20.3 Å². The maximum absolute atomic E-state index is 13.0. The molecule has 3 rings (SSSR count). The molecule has 2 unspecified atom stereocenters. The fraction of sp³-hybridized carbons (Fsp3) is 0.318. The van der Waals surface area contributed by atoms with E-state index in [4.69, 9.17) is 0 Å². The van der Waals surface area contributed by atoms with Gasteiger partial charge < -0.3 is 20.6 Å². The second-order valence-corrected chi connectivity index (χ2v) is 7.56. The van der Waals surface area contributed by atoms with Gasteiger partial charge in [0.2, 0.25) is 0 Å². The molecule has 0 spiro atoms. The van der Waals surface area contributed by atoms with Crippen LogP contribution < -0.4 is 10.6 Å². The van der Waals surface area contributed by atoms with Gasteiger partial charge in [0.1, 0.15) is 0 Å². The molecule has 0 aromatic heterocycles. The smallest absolute Gasteiger partial charge is 0.323 e. The molecule has 1 fully saturated rings. The number of nitrogens with one attached hydrogen (secondary N) is 2. The average Bonchev–Trinajstić information content (AvgIpc) is 2.69. The van der Waals surface area contributed by atoms with Crippen LogP contribution in [0, 0.1) is 18.8 Å². The van der Waals surface area contributed by atoms with Crippen molar-refractivity contribution < 1.29 is 19.5 Å². The van der Waals surface area contributed by atoms with Crippen LogP contribution in [0.5, 0.6) is 0 Å². The molecule has 1 saturated heterocycles. The number of likely N-dealkylation sites (tertiary alicyclic amines) is 1. The molecule has 29 heavy (non-hydrogen) atoms. The number of carboxylic acids is 1. The molecule has 2 atom stereocenters. The Hall–Kier alpha value is -3.35. The number of amides is 3. The lowest BCUT2D eigenvalue weighted by Crippen LogP contribution is -2.45. The van der Waals surface area contributed by atoms with E-state index in [2.05, 4.69) is 10.6 Å². The third-order valence-corrected chi connectivity index (χ3v) is 5.06. The van der Waals surface area contributed by atoms with Crippen molar-refractivity contribution in [2.75, 3.05) is 23.7 Å². The summed E-state index contributed by atoms with van der Waals surface area (Å²) in [6.07, 6.45) is 0.569. The van der Waals surface area contributed by atoms with Gasteiger partial charge in [0.15, 0.2) is 0 Å². The van der Waals surface area contributed by atoms with Crippen LogP contribution >= 0.6 is 0 Å². The lowest BCUT2D eigenvalue weighted by atomic mass is 9.90. The molecule has 2 aromatic rings. The third kappa shape index (κ3) is 5.13. The van der Waals surface area contributed by atoms with Crippen LogP contribution in [0.15, 0.2) is 48.5 Å². The average molecular weight is 395 g/mol. The van der Waals surface area contributed by atoms with Crippen molar-refractivity contribution in [1.82, 2.24) is 4.90 Å². The zero-order chi connectivity index (χ0) is 21.0. The highest BCUT2D eigenvalue weighted by Crippen LogP contribution is 2.25. The number of rotatable bonds is 4. The minimum absolute atomic E-state index is 0.119. The first-order chi connectivity index (χ1) is 13.8. The predicted molar refractivity (Wildman–Crippen MR) is 111 cm³/mol. The molecule has 0 bridgehead atoms. The van der Waals surface area contributed by atoms with Crippen LogP contribution in [0.2, 0.25) is 0 Å². The van der Waals surface area contributed by atoms with E-state index in [0.29, 0.717) is 29.9 Å².